The van der Waals surface area contributed by atoms with E-state index in [1.807, 2.05) is 48.5 Å². The van der Waals surface area contributed by atoms with Crippen LogP contribution in [0.1, 0.15) is 51.7 Å². The summed E-state index contributed by atoms with van der Waals surface area (Å²) in [7, 11) is 1.55. The van der Waals surface area contributed by atoms with E-state index >= 15 is 0 Å². The minimum atomic E-state index is -2.23. The zero-order valence-corrected chi connectivity index (χ0v) is 21.5. The Morgan fingerprint density at radius 3 is 1.86 bits per heavy atom. The molecule has 2 atom stereocenters. The number of likely N-dealkylation sites (N-methyl/N-ethyl adjacent to an activating group) is 1. The molecule has 0 radical (unpaired) electrons. The number of hydrogen-bond acceptors (Lipinski definition) is 6. The molecular weight excluding hydrogens is 462 g/mol. The van der Waals surface area contributed by atoms with Gasteiger partial charge in [0.1, 0.15) is 12.2 Å². The van der Waals surface area contributed by atoms with Crippen LogP contribution in [-0.2, 0) is 14.3 Å². The van der Waals surface area contributed by atoms with Crippen molar-refractivity contribution in [3.63, 3.8) is 0 Å². The molecule has 2 amide bonds. The van der Waals surface area contributed by atoms with Crippen molar-refractivity contribution >= 4 is 18.2 Å². The second kappa shape index (κ2) is 10.6. The summed E-state index contributed by atoms with van der Waals surface area (Å²) in [6.07, 6.45) is -1.96. The third-order valence-corrected chi connectivity index (χ3v) is 6.12. The van der Waals surface area contributed by atoms with Crippen LogP contribution in [0, 0.1) is 5.92 Å². The van der Waals surface area contributed by atoms with E-state index < -0.39 is 35.5 Å². The summed E-state index contributed by atoms with van der Waals surface area (Å²) in [5, 5.41) is 17.9. The molecule has 0 saturated heterocycles. The van der Waals surface area contributed by atoms with Crippen molar-refractivity contribution in [3.8, 4) is 11.1 Å². The normalized spacial score (nSPS) is 15.3. The lowest BCUT2D eigenvalue weighted by Crippen LogP contribution is -2.75. The van der Waals surface area contributed by atoms with E-state index in [4.69, 9.17) is 9.47 Å². The molecule has 36 heavy (non-hydrogen) atoms. The highest BCUT2D eigenvalue weighted by Gasteiger charge is 2.51. The number of carbonyl (C=O) groups excluding carboxylic acids is 2. The van der Waals surface area contributed by atoms with Crippen molar-refractivity contribution < 1.29 is 29.0 Å². The number of ether oxygens (including phenoxy) is 2. The molecule has 9 heteroatoms. The van der Waals surface area contributed by atoms with Gasteiger partial charge in [-0.1, -0.05) is 62.4 Å². The summed E-state index contributed by atoms with van der Waals surface area (Å²) in [4.78, 5) is 38.2. The van der Waals surface area contributed by atoms with Crippen molar-refractivity contribution in [2.75, 3.05) is 13.7 Å². The topological polar surface area (TPSA) is 126 Å². The van der Waals surface area contributed by atoms with Gasteiger partial charge >= 0.3 is 18.2 Å². The Kier molecular flexibility index (Phi) is 7.93. The largest absolute Gasteiger partial charge is 0.478 e. The fourth-order valence-electron chi connectivity index (χ4n) is 4.74. The summed E-state index contributed by atoms with van der Waals surface area (Å²) in [5.41, 5.74) is 1.10. The van der Waals surface area contributed by atoms with Crippen molar-refractivity contribution in [3.05, 3.63) is 59.7 Å². The Morgan fingerprint density at radius 2 is 1.42 bits per heavy atom. The van der Waals surface area contributed by atoms with E-state index in [0.717, 1.165) is 22.3 Å². The van der Waals surface area contributed by atoms with Gasteiger partial charge in [0.2, 0.25) is 5.66 Å². The van der Waals surface area contributed by atoms with E-state index in [1.54, 1.807) is 41.7 Å². The molecule has 2 aromatic rings. The molecule has 1 aliphatic rings. The minimum absolute atomic E-state index is 0.00606. The van der Waals surface area contributed by atoms with E-state index in [2.05, 4.69) is 16.0 Å². The van der Waals surface area contributed by atoms with Crippen LogP contribution in [0.5, 0.6) is 0 Å². The molecule has 0 spiro atoms. The number of alkyl carbamates (subject to hydrolysis) is 2. The monoisotopic (exact) mass is 497 g/mol. The first-order chi connectivity index (χ1) is 16.9. The molecule has 1 aliphatic carbocycles. The summed E-state index contributed by atoms with van der Waals surface area (Å²) in [6.45, 7) is 8.52. The molecule has 0 fully saturated rings. The van der Waals surface area contributed by atoms with Gasteiger partial charge in [-0.15, -0.1) is 0 Å². The van der Waals surface area contributed by atoms with Crippen molar-refractivity contribution in [1.82, 2.24) is 16.0 Å². The molecule has 2 aromatic carbocycles. The molecule has 0 bridgehead atoms. The first-order valence-corrected chi connectivity index (χ1v) is 11.9. The van der Waals surface area contributed by atoms with Crippen molar-refractivity contribution in [2.45, 2.75) is 57.8 Å². The molecule has 3 rings (SSSR count). The maximum atomic E-state index is 13.0. The molecule has 194 valence electrons. The van der Waals surface area contributed by atoms with Gasteiger partial charge in [-0.05, 0) is 56.0 Å². The molecular formula is C27H35N3O6. The maximum absolute atomic E-state index is 13.0. The Balaban J connectivity index is 1.85. The van der Waals surface area contributed by atoms with Crippen LogP contribution in [0.25, 0.3) is 11.1 Å². The van der Waals surface area contributed by atoms with Crippen LogP contribution in [-0.4, -0.2) is 54.2 Å². The quantitative estimate of drug-likeness (QED) is 0.405. The van der Waals surface area contributed by atoms with Crippen LogP contribution < -0.4 is 16.0 Å². The minimum Gasteiger partial charge on any atom is -0.478 e. The number of carboxylic acid groups (broad SMARTS) is 1. The van der Waals surface area contributed by atoms with Crippen LogP contribution >= 0.6 is 0 Å². The maximum Gasteiger partial charge on any atom is 0.410 e. The van der Waals surface area contributed by atoms with Crippen molar-refractivity contribution in [2.24, 2.45) is 5.92 Å². The Bertz CT molecular complexity index is 1080. The fourth-order valence-corrected chi connectivity index (χ4v) is 4.74. The number of fused-ring (bicyclic) bond motifs is 3. The molecule has 0 aromatic heterocycles. The summed E-state index contributed by atoms with van der Waals surface area (Å²) < 4.78 is 10.9. The highest BCUT2D eigenvalue weighted by atomic mass is 16.6. The number of aliphatic carboxylic acids is 1. The van der Waals surface area contributed by atoms with Gasteiger partial charge in [-0.3, -0.25) is 10.6 Å². The van der Waals surface area contributed by atoms with Crippen molar-refractivity contribution in [1.29, 1.82) is 0 Å². The van der Waals surface area contributed by atoms with Gasteiger partial charge in [0.15, 0.2) is 0 Å². The van der Waals surface area contributed by atoms with E-state index in [9.17, 15) is 19.5 Å². The number of nitrogens with one attached hydrogen (secondary N) is 3. The molecule has 0 saturated carbocycles. The van der Waals surface area contributed by atoms with E-state index in [1.165, 1.54) is 0 Å². The average Bonchev–Trinajstić information content (AvgIpc) is 3.10. The van der Waals surface area contributed by atoms with Gasteiger partial charge in [-0.25, -0.2) is 14.4 Å². The van der Waals surface area contributed by atoms with Crippen LogP contribution in [0.4, 0.5) is 9.59 Å². The van der Waals surface area contributed by atoms with E-state index in [-0.39, 0.29) is 18.4 Å². The summed E-state index contributed by atoms with van der Waals surface area (Å²) in [6, 6.07) is 14.9. The molecule has 4 N–H and O–H groups in total. The van der Waals surface area contributed by atoms with E-state index in [0.29, 0.717) is 0 Å². The number of amides is 2. The zero-order valence-electron chi connectivity index (χ0n) is 21.5. The number of carbonyl (C=O) groups is 3. The lowest BCUT2D eigenvalue weighted by Gasteiger charge is -2.40. The second-order valence-corrected chi connectivity index (χ2v) is 10.2. The van der Waals surface area contributed by atoms with Gasteiger partial charge in [0.05, 0.1) is 6.04 Å². The standard InChI is InChI=1S/C27H35N3O6/c1-16(2)22(28-6)27(23(31)32,30-25(34)36-26(3,4)5)29-24(33)35-15-21-19-13-9-7-11-17(19)18-12-8-10-14-20(18)21/h7-14,16,21-22,28H,15H2,1-6H3,(H,29,33)(H,30,34)(H,31,32)/t22-,27-/m0/s1. The average molecular weight is 498 g/mol. The van der Waals surface area contributed by atoms with Gasteiger partial charge < -0.3 is 19.9 Å². The van der Waals surface area contributed by atoms with Gasteiger partial charge in [-0.2, -0.15) is 0 Å². The third-order valence-electron chi connectivity index (χ3n) is 6.12. The lowest BCUT2D eigenvalue weighted by atomic mass is 9.90. The van der Waals surface area contributed by atoms with Crippen LogP contribution in [0.3, 0.4) is 0 Å². The SMILES string of the molecule is CN[C@@H](C(C)C)[C@](NC(=O)OCC1c2ccccc2-c2ccccc21)(NC(=O)OC(C)(C)C)C(=O)O. The Labute approximate surface area is 211 Å². The van der Waals surface area contributed by atoms with Gasteiger partial charge in [0, 0.05) is 5.92 Å². The molecule has 0 unspecified atom stereocenters. The number of benzene rings is 2. The molecule has 0 aliphatic heterocycles. The smallest absolute Gasteiger partial charge is 0.410 e. The molecule has 0 heterocycles. The second-order valence-electron chi connectivity index (χ2n) is 10.2. The lowest BCUT2D eigenvalue weighted by molar-refractivity contribution is -0.148. The summed E-state index contributed by atoms with van der Waals surface area (Å²) >= 11 is 0. The predicted molar refractivity (Wildman–Crippen MR) is 136 cm³/mol. The number of carboxylic acids is 1. The third kappa shape index (κ3) is 5.62. The van der Waals surface area contributed by atoms with Crippen LogP contribution in [0.2, 0.25) is 0 Å². The number of rotatable bonds is 8. The Hall–Kier alpha value is -3.59. The zero-order chi connectivity index (χ0) is 26.7. The fraction of sp³-hybridized carbons (Fsp3) is 0.444. The first-order valence-electron chi connectivity index (χ1n) is 11.9. The predicted octanol–water partition coefficient (Wildman–Crippen LogP) is 4.07. The van der Waals surface area contributed by atoms with Crippen LogP contribution in [0.15, 0.2) is 48.5 Å². The van der Waals surface area contributed by atoms with Gasteiger partial charge in [0.25, 0.3) is 0 Å². The highest BCUT2D eigenvalue weighted by molar-refractivity contribution is 5.89. The summed E-state index contributed by atoms with van der Waals surface area (Å²) in [5.74, 6) is -1.96. The number of hydrogen-bond donors (Lipinski definition) is 4. The molecule has 9 nitrogen and oxygen atoms in total. The first kappa shape index (κ1) is 27.0. The Morgan fingerprint density at radius 1 is 0.917 bits per heavy atom. The highest BCUT2D eigenvalue weighted by Crippen LogP contribution is 2.44.